The van der Waals surface area contributed by atoms with Gasteiger partial charge in [0.2, 0.25) is 20.0 Å². The highest BCUT2D eigenvalue weighted by Gasteiger charge is 2.35. The topological polar surface area (TPSA) is 106 Å². The van der Waals surface area contributed by atoms with Gasteiger partial charge in [-0.2, -0.15) is 8.61 Å². The monoisotopic (exact) mass is 517 g/mol. The first kappa shape index (κ1) is 23.2. The Hall–Kier alpha value is -1.96. The number of piperazine rings is 1. The van der Waals surface area contributed by atoms with E-state index >= 15 is 0 Å². The largest absolute Gasteiger partial charge is 0.495 e. The van der Waals surface area contributed by atoms with Crippen LogP contribution >= 0.6 is 22.9 Å². The van der Waals surface area contributed by atoms with Crippen molar-refractivity contribution in [2.75, 3.05) is 33.3 Å². The van der Waals surface area contributed by atoms with Crippen LogP contribution in [0.3, 0.4) is 0 Å². The number of benzene rings is 2. The quantitative estimate of drug-likeness (QED) is 0.512. The molecule has 3 aromatic rings. The summed E-state index contributed by atoms with van der Waals surface area (Å²) in [5.41, 5.74) is 0.658. The van der Waals surface area contributed by atoms with Crippen molar-refractivity contribution in [2.24, 2.45) is 7.05 Å². The Labute approximate surface area is 194 Å². The van der Waals surface area contributed by atoms with Gasteiger partial charge in [0, 0.05) is 38.2 Å². The Morgan fingerprint density at radius 3 is 2.19 bits per heavy atom. The third kappa shape index (κ3) is 3.95. The predicted molar refractivity (Wildman–Crippen MR) is 123 cm³/mol. The average Bonchev–Trinajstić information content (AvgIpc) is 3.06. The third-order valence-corrected chi connectivity index (χ3v) is 10.4. The number of hydrogen-bond acceptors (Lipinski definition) is 7. The minimum atomic E-state index is -3.93. The summed E-state index contributed by atoms with van der Waals surface area (Å²) in [6, 6.07) is 8.88. The molecule has 1 fully saturated rings. The van der Waals surface area contributed by atoms with Crippen LogP contribution < -0.4 is 9.61 Å². The van der Waals surface area contributed by atoms with Crippen molar-refractivity contribution >= 4 is 53.2 Å². The number of hydrogen-bond donors (Lipinski definition) is 0. The molecule has 1 aliphatic rings. The van der Waals surface area contributed by atoms with Crippen LogP contribution in [0, 0.1) is 0 Å². The Morgan fingerprint density at radius 2 is 1.56 bits per heavy atom. The highest BCUT2D eigenvalue weighted by molar-refractivity contribution is 7.89. The van der Waals surface area contributed by atoms with Crippen LogP contribution in [0.25, 0.3) is 10.2 Å². The van der Waals surface area contributed by atoms with Crippen LogP contribution in [0.1, 0.15) is 0 Å². The van der Waals surface area contributed by atoms with Crippen molar-refractivity contribution in [3.8, 4) is 5.75 Å². The van der Waals surface area contributed by atoms with E-state index in [0.717, 1.165) is 11.3 Å². The number of thiazole rings is 1. The normalized spacial score (nSPS) is 16.5. The summed E-state index contributed by atoms with van der Waals surface area (Å²) in [6.45, 7) is -0.0443. The number of rotatable bonds is 5. The van der Waals surface area contributed by atoms with Crippen LogP contribution in [-0.4, -0.2) is 63.3 Å². The Morgan fingerprint density at radius 1 is 0.938 bits per heavy atom. The zero-order valence-electron chi connectivity index (χ0n) is 17.2. The van der Waals surface area contributed by atoms with E-state index < -0.39 is 20.0 Å². The molecule has 0 N–H and O–H groups in total. The maximum Gasteiger partial charge on any atom is 0.307 e. The van der Waals surface area contributed by atoms with E-state index in [2.05, 4.69) is 0 Å². The SMILES string of the molecule is COc1ccc(Cl)cc1S(=O)(=O)N1CCN(S(=O)(=O)c2ccc3c(c2)sc(=O)n3C)CC1. The fraction of sp³-hybridized carbons (Fsp3) is 0.316. The molecule has 0 aliphatic carbocycles. The van der Waals surface area contributed by atoms with Crippen molar-refractivity contribution in [1.82, 2.24) is 13.2 Å². The summed E-state index contributed by atoms with van der Waals surface area (Å²) in [7, 11) is -4.78. The summed E-state index contributed by atoms with van der Waals surface area (Å²) in [4.78, 5) is 11.7. The lowest BCUT2D eigenvalue weighted by Crippen LogP contribution is -2.50. The second kappa shape index (κ2) is 8.43. The molecular weight excluding hydrogens is 498 g/mol. The summed E-state index contributed by atoms with van der Waals surface area (Å²) in [5, 5.41) is 0.254. The molecule has 172 valence electrons. The van der Waals surface area contributed by atoms with Gasteiger partial charge >= 0.3 is 4.87 Å². The van der Waals surface area contributed by atoms with E-state index in [9.17, 15) is 21.6 Å². The standard InChI is InChI=1S/C19H20ClN3O6S3/c1-21-15-5-4-14(12-17(15)30-19(21)24)31(25,26)22-7-9-23(10-8-22)32(27,28)18-11-13(20)3-6-16(18)29-2/h3-6,11-12H,7-10H2,1-2H3. The van der Waals surface area contributed by atoms with E-state index in [0.29, 0.717) is 10.2 Å². The minimum absolute atomic E-state index is 0.00644. The number of aromatic nitrogens is 1. The lowest BCUT2D eigenvalue weighted by atomic mass is 10.3. The highest BCUT2D eigenvalue weighted by Crippen LogP contribution is 2.31. The molecule has 2 aromatic carbocycles. The van der Waals surface area contributed by atoms with Gasteiger partial charge in [-0.05, 0) is 36.4 Å². The van der Waals surface area contributed by atoms with Gasteiger partial charge < -0.3 is 9.30 Å². The van der Waals surface area contributed by atoms with Crippen molar-refractivity contribution in [3.63, 3.8) is 0 Å². The third-order valence-electron chi connectivity index (χ3n) is 5.34. The first-order valence-electron chi connectivity index (χ1n) is 9.49. The van der Waals surface area contributed by atoms with Crippen LogP contribution in [0.15, 0.2) is 51.0 Å². The molecular formula is C19H20ClN3O6S3. The lowest BCUT2D eigenvalue weighted by Gasteiger charge is -2.33. The molecule has 1 aliphatic heterocycles. The lowest BCUT2D eigenvalue weighted by molar-refractivity contribution is 0.272. The van der Waals surface area contributed by atoms with E-state index in [1.165, 1.54) is 50.6 Å². The second-order valence-electron chi connectivity index (χ2n) is 7.16. The first-order valence-corrected chi connectivity index (χ1v) is 13.6. The van der Waals surface area contributed by atoms with Crippen molar-refractivity contribution < 1.29 is 21.6 Å². The number of aryl methyl sites for hydroxylation is 1. The van der Waals surface area contributed by atoms with Crippen molar-refractivity contribution in [1.29, 1.82) is 0 Å². The summed E-state index contributed by atoms with van der Waals surface area (Å²) in [5.74, 6) is 0.166. The molecule has 2 heterocycles. The molecule has 13 heteroatoms. The number of ether oxygens (including phenoxy) is 1. The molecule has 0 bridgehead atoms. The second-order valence-corrected chi connectivity index (χ2v) is 12.4. The molecule has 32 heavy (non-hydrogen) atoms. The Bertz CT molecular complexity index is 1460. The predicted octanol–water partition coefficient (Wildman–Crippen LogP) is 1.96. The summed E-state index contributed by atoms with van der Waals surface area (Å²) < 4.78 is 62.2. The van der Waals surface area contributed by atoms with Crippen molar-refractivity contribution in [3.05, 3.63) is 51.1 Å². The zero-order chi connectivity index (χ0) is 23.3. The van der Waals surface area contributed by atoms with Crippen molar-refractivity contribution in [2.45, 2.75) is 9.79 Å². The molecule has 0 spiro atoms. The summed E-state index contributed by atoms with van der Waals surface area (Å²) >= 11 is 6.95. The number of sulfonamides is 2. The molecule has 0 amide bonds. The number of fused-ring (bicyclic) bond motifs is 1. The maximum atomic E-state index is 13.1. The molecule has 1 aromatic heterocycles. The highest BCUT2D eigenvalue weighted by atomic mass is 35.5. The van der Waals surface area contributed by atoms with Gasteiger partial charge in [-0.15, -0.1) is 0 Å². The fourth-order valence-corrected chi connectivity index (χ4v) is 7.85. The first-order chi connectivity index (χ1) is 15.1. The smallest absolute Gasteiger partial charge is 0.307 e. The maximum absolute atomic E-state index is 13.1. The molecule has 0 saturated carbocycles. The van der Waals surface area contributed by atoms with E-state index in [1.807, 2.05) is 0 Å². The van der Waals surface area contributed by atoms with Gasteiger partial charge in [-0.25, -0.2) is 16.8 Å². The molecule has 9 nitrogen and oxygen atoms in total. The van der Waals surface area contributed by atoms with Gasteiger partial charge in [-0.1, -0.05) is 22.9 Å². The molecule has 0 unspecified atom stereocenters. The molecule has 0 radical (unpaired) electrons. The van der Waals surface area contributed by atoms with Crippen LogP contribution in [0.5, 0.6) is 5.75 Å². The van der Waals surface area contributed by atoms with Gasteiger partial charge in [0.15, 0.2) is 0 Å². The van der Waals surface area contributed by atoms with E-state index in [4.69, 9.17) is 16.3 Å². The van der Waals surface area contributed by atoms with E-state index in [1.54, 1.807) is 13.1 Å². The number of nitrogens with zero attached hydrogens (tertiary/aromatic N) is 3. The van der Waals surface area contributed by atoms with Crippen LogP contribution in [0.4, 0.5) is 0 Å². The van der Waals surface area contributed by atoms with Gasteiger partial charge in [0.1, 0.15) is 10.6 Å². The van der Waals surface area contributed by atoms with Crippen LogP contribution in [0.2, 0.25) is 5.02 Å². The van der Waals surface area contributed by atoms with Gasteiger partial charge in [0.25, 0.3) is 0 Å². The Balaban J connectivity index is 1.57. The summed E-state index contributed by atoms with van der Waals surface area (Å²) in [6.07, 6.45) is 0. The molecule has 0 atom stereocenters. The van der Waals surface area contributed by atoms with Gasteiger partial charge in [0.05, 0.1) is 22.2 Å². The van der Waals surface area contributed by atoms with Crippen LogP contribution in [-0.2, 0) is 27.1 Å². The zero-order valence-corrected chi connectivity index (χ0v) is 20.4. The van der Waals surface area contributed by atoms with Gasteiger partial charge in [-0.3, -0.25) is 4.79 Å². The fourth-order valence-electron chi connectivity index (χ4n) is 3.57. The number of halogens is 1. The minimum Gasteiger partial charge on any atom is -0.495 e. The van der Waals surface area contributed by atoms with E-state index in [-0.39, 0.29) is 51.6 Å². The average molecular weight is 518 g/mol. The molecule has 1 saturated heterocycles. The molecule has 4 rings (SSSR count). The Kier molecular flexibility index (Phi) is 6.11. The number of methoxy groups -OCH3 is 1.